The second kappa shape index (κ2) is 2.46. The van der Waals surface area contributed by atoms with Crippen molar-refractivity contribution >= 4 is 17.9 Å². The fraction of sp³-hybridized carbons (Fsp3) is 0.286. The average molecular weight is 157 g/mol. The molecule has 0 aromatic heterocycles. The van der Waals surface area contributed by atoms with Crippen LogP contribution in [0.5, 0.6) is 0 Å². The Balaban J connectivity index is 2.91. The van der Waals surface area contributed by atoms with Gasteiger partial charge in [-0.25, -0.2) is 0 Å². The van der Waals surface area contributed by atoms with E-state index in [0.29, 0.717) is 5.57 Å². The Morgan fingerprint density at radius 1 is 1.80 bits per heavy atom. The maximum absolute atomic E-state index is 10.2. The Kier molecular flexibility index (Phi) is 1.81. The summed E-state index contributed by atoms with van der Waals surface area (Å²) in [5.41, 5.74) is 0.427. The SMILES string of the molecule is CC1(Cl)NC=CC=C1[C]=O. The van der Waals surface area contributed by atoms with Crippen LogP contribution in [0.25, 0.3) is 0 Å². The first-order chi connectivity index (χ1) is 4.67. The summed E-state index contributed by atoms with van der Waals surface area (Å²) < 4.78 is 0. The van der Waals surface area contributed by atoms with E-state index in [-0.39, 0.29) is 0 Å². The van der Waals surface area contributed by atoms with Gasteiger partial charge in [-0.3, -0.25) is 4.79 Å². The van der Waals surface area contributed by atoms with Crippen molar-refractivity contribution in [2.24, 2.45) is 0 Å². The van der Waals surface area contributed by atoms with Crippen LogP contribution in [0.1, 0.15) is 6.92 Å². The topological polar surface area (TPSA) is 29.1 Å². The first kappa shape index (κ1) is 7.35. The summed E-state index contributed by atoms with van der Waals surface area (Å²) >= 11 is 5.85. The van der Waals surface area contributed by atoms with Crippen molar-refractivity contribution in [3.8, 4) is 0 Å². The van der Waals surface area contributed by atoms with Gasteiger partial charge in [0, 0.05) is 5.57 Å². The Bertz CT molecular complexity index is 206. The van der Waals surface area contributed by atoms with Crippen LogP contribution < -0.4 is 5.32 Å². The lowest BCUT2D eigenvalue weighted by Crippen LogP contribution is -2.36. The normalized spacial score (nSPS) is 30.8. The van der Waals surface area contributed by atoms with Gasteiger partial charge >= 0.3 is 0 Å². The van der Waals surface area contributed by atoms with Crippen molar-refractivity contribution in [1.82, 2.24) is 5.32 Å². The van der Waals surface area contributed by atoms with Crippen LogP contribution in [0.2, 0.25) is 0 Å². The minimum Gasteiger partial charge on any atom is -0.369 e. The number of hydrogen-bond donors (Lipinski definition) is 1. The van der Waals surface area contributed by atoms with Gasteiger partial charge in [0.25, 0.3) is 0 Å². The molecular weight excluding hydrogens is 150 g/mol. The first-order valence-corrected chi connectivity index (χ1v) is 3.27. The van der Waals surface area contributed by atoms with Crippen LogP contribution in [0, 0.1) is 0 Å². The highest BCUT2D eigenvalue weighted by Gasteiger charge is 2.25. The molecule has 53 valence electrons. The summed E-state index contributed by atoms with van der Waals surface area (Å²) in [6, 6.07) is 0. The molecule has 0 amide bonds. The summed E-state index contributed by atoms with van der Waals surface area (Å²) in [6.07, 6.45) is 6.80. The third-order valence-corrected chi connectivity index (χ3v) is 1.64. The van der Waals surface area contributed by atoms with Gasteiger partial charge in [-0.15, -0.1) is 0 Å². The van der Waals surface area contributed by atoms with Crippen LogP contribution in [-0.2, 0) is 4.79 Å². The van der Waals surface area contributed by atoms with Crippen molar-refractivity contribution in [2.45, 2.75) is 11.9 Å². The fourth-order valence-corrected chi connectivity index (χ4v) is 0.878. The number of allylic oxidation sites excluding steroid dienone is 2. The van der Waals surface area contributed by atoms with Gasteiger partial charge < -0.3 is 5.32 Å². The highest BCUT2D eigenvalue weighted by atomic mass is 35.5. The predicted molar refractivity (Wildman–Crippen MR) is 40.3 cm³/mol. The number of rotatable bonds is 1. The summed E-state index contributed by atoms with van der Waals surface area (Å²) in [5.74, 6) is 0. The summed E-state index contributed by atoms with van der Waals surface area (Å²) in [7, 11) is 0. The van der Waals surface area contributed by atoms with E-state index >= 15 is 0 Å². The lowest BCUT2D eigenvalue weighted by Gasteiger charge is -2.24. The third kappa shape index (κ3) is 1.21. The standard InChI is InChI=1S/C7H7ClNO/c1-7(8)6(5-10)3-2-4-9-7/h2-4,9H,1H3. The predicted octanol–water partition coefficient (Wildman–Crippen LogP) is 1.09. The van der Waals surface area contributed by atoms with E-state index in [0.717, 1.165) is 0 Å². The summed E-state index contributed by atoms with van der Waals surface area (Å²) in [5, 5.41) is 2.81. The van der Waals surface area contributed by atoms with E-state index < -0.39 is 5.00 Å². The van der Waals surface area contributed by atoms with Crippen LogP contribution in [-0.4, -0.2) is 11.3 Å². The van der Waals surface area contributed by atoms with Crippen LogP contribution in [0.4, 0.5) is 0 Å². The molecule has 1 atom stereocenters. The zero-order chi connectivity index (χ0) is 7.61. The molecular formula is C7H7ClNO. The molecule has 0 aromatic carbocycles. The number of halogens is 1. The van der Waals surface area contributed by atoms with Gasteiger partial charge in [-0.1, -0.05) is 11.6 Å². The molecule has 1 heterocycles. The molecule has 0 aliphatic carbocycles. The maximum Gasteiger partial charge on any atom is 0.232 e. The molecule has 1 N–H and O–H groups in total. The molecule has 0 saturated heterocycles. The number of alkyl halides is 1. The summed E-state index contributed by atoms with van der Waals surface area (Å²) in [6.45, 7) is 1.70. The molecule has 1 aliphatic heterocycles. The second-order valence-electron chi connectivity index (χ2n) is 2.19. The van der Waals surface area contributed by atoms with E-state index in [1.54, 1.807) is 31.6 Å². The molecule has 3 heteroatoms. The fourth-order valence-electron chi connectivity index (χ4n) is 0.713. The number of nitrogens with one attached hydrogen (secondary N) is 1. The minimum absolute atomic E-state index is 0.427. The molecule has 1 rings (SSSR count). The van der Waals surface area contributed by atoms with Crippen molar-refractivity contribution in [3.05, 3.63) is 23.9 Å². The van der Waals surface area contributed by atoms with Crippen molar-refractivity contribution < 1.29 is 4.79 Å². The largest absolute Gasteiger partial charge is 0.369 e. The van der Waals surface area contributed by atoms with Crippen LogP contribution >= 0.6 is 11.6 Å². The average Bonchev–Trinajstić information content (AvgIpc) is 1.87. The lowest BCUT2D eigenvalue weighted by atomic mass is 10.1. The first-order valence-electron chi connectivity index (χ1n) is 2.89. The molecule has 1 unspecified atom stereocenters. The molecule has 1 aliphatic rings. The molecule has 0 fully saturated rings. The van der Waals surface area contributed by atoms with Gasteiger partial charge in [-0.2, -0.15) is 0 Å². The molecule has 0 saturated carbocycles. The van der Waals surface area contributed by atoms with Crippen molar-refractivity contribution in [2.75, 3.05) is 0 Å². The Hall–Kier alpha value is -0.760. The highest BCUT2D eigenvalue weighted by molar-refractivity contribution is 6.27. The number of carbonyl (C=O) groups excluding carboxylic acids is 1. The van der Waals surface area contributed by atoms with E-state index in [2.05, 4.69) is 5.32 Å². The quantitative estimate of drug-likeness (QED) is 0.455. The van der Waals surface area contributed by atoms with Gasteiger partial charge in [-0.05, 0) is 25.3 Å². The Morgan fingerprint density at radius 2 is 2.50 bits per heavy atom. The number of hydrogen-bond acceptors (Lipinski definition) is 2. The van der Waals surface area contributed by atoms with E-state index in [4.69, 9.17) is 11.6 Å². The molecule has 10 heavy (non-hydrogen) atoms. The Morgan fingerprint density at radius 3 is 2.90 bits per heavy atom. The highest BCUT2D eigenvalue weighted by Crippen LogP contribution is 2.21. The zero-order valence-electron chi connectivity index (χ0n) is 5.52. The second-order valence-corrected chi connectivity index (χ2v) is 2.94. The molecule has 2 nitrogen and oxygen atoms in total. The summed E-state index contributed by atoms with van der Waals surface area (Å²) in [4.78, 5) is 9.44. The van der Waals surface area contributed by atoms with Crippen LogP contribution in [0.3, 0.4) is 0 Å². The zero-order valence-corrected chi connectivity index (χ0v) is 6.27. The lowest BCUT2D eigenvalue weighted by molar-refractivity contribution is 0.551. The Labute approximate surface area is 64.6 Å². The molecule has 0 bridgehead atoms. The van der Waals surface area contributed by atoms with Crippen LogP contribution in [0.15, 0.2) is 23.9 Å². The van der Waals surface area contributed by atoms with Gasteiger partial charge in [0.05, 0.1) is 0 Å². The minimum atomic E-state index is -0.781. The van der Waals surface area contributed by atoms with Gasteiger partial charge in [0.15, 0.2) is 0 Å². The van der Waals surface area contributed by atoms with Gasteiger partial charge in [0.1, 0.15) is 5.00 Å². The van der Waals surface area contributed by atoms with Crippen molar-refractivity contribution in [1.29, 1.82) is 0 Å². The third-order valence-electron chi connectivity index (χ3n) is 1.33. The van der Waals surface area contributed by atoms with Crippen molar-refractivity contribution in [3.63, 3.8) is 0 Å². The smallest absolute Gasteiger partial charge is 0.232 e. The monoisotopic (exact) mass is 156 g/mol. The maximum atomic E-state index is 10.2. The number of dihydropyridines is 1. The van der Waals surface area contributed by atoms with E-state index in [1.807, 2.05) is 0 Å². The molecule has 1 radical (unpaired) electrons. The molecule has 0 spiro atoms. The van der Waals surface area contributed by atoms with E-state index in [1.165, 1.54) is 0 Å². The molecule has 0 aromatic rings. The van der Waals surface area contributed by atoms with E-state index in [9.17, 15) is 4.79 Å². The van der Waals surface area contributed by atoms with Gasteiger partial charge in [0.2, 0.25) is 6.29 Å².